The minimum Gasteiger partial charge on any atom is -0.490 e. The van der Waals surface area contributed by atoms with Gasteiger partial charge in [-0.15, -0.1) is 0 Å². The van der Waals surface area contributed by atoms with Crippen LogP contribution in [0.5, 0.6) is 5.75 Å². The monoisotopic (exact) mass is 332 g/mol. The largest absolute Gasteiger partial charge is 0.490 e. The smallest absolute Gasteiger partial charge is 0.317 e. The number of nitrogens with one attached hydrogen (secondary N) is 1. The SMILES string of the molecule is O=C(NCc1ccccc1OC1CCCC1)N1CCC(CO)CC1. The Labute approximate surface area is 144 Å². The first-order valence-electron chi connectivity index (χ1n) is 9.14. The van der Waals surface area contributed by atoms with Crippen molar-refractivity contribution in [3.8, 4) is 5.75 Å². The van der Waals surface area contributed by atoms with E-state index in [2.05, 4.69) is 5.32 Å². The molecular weight excluding hydrogens is 304 g/mol. The van der Waals surface area contributed by atoms with E-state index >= 15 is 0 Å². The van der Waals surface area contributed by atoms with Crippen molar-refractivity contribution in [3.63, 3.8) is 0 Å². The second-order valence-corrected chi connectivity index (χ2v) is 6.90. The molecule has 1 aromatic rings. The molecule has 0 radical (unpaired) electrons. The highest BCUT2D eigenvalue weighted by Gasteiger charge is 2.22. The second-order valence-electron chi connectivity index (χ2n) is 6.90. The molecule has 2 amide bonds. The number of para-hydroxylation sites is 1. The molecule has 1 saturated heterocycles. The molecular formula is C19H28N2O3. The molecule has 1 heterocycles. The third-order valence-corrected chi connectivity index (χ3v) is 5.16. The number of carbonyl (C=O) groups excluding carboxylic acids is 1. The lowest BCUT2D eigenvalue weighted by Crippen LogP contribution is -2.44. The van der Waals surface area contributed by atoms with Gasteiger partial charge in [-0.2, -0.15) is 0 Å². The fourth-order valence-corrected chi connectivity index (χ4v) is 3.55. The van der Waals surface area contributed by atoms with Gasteiger partial charge in [-0.1, -0.05) is 18.2 Å². The number of piperidine rings is 1. The predicted molar refractivity (Wildman–Crippen MR) is 92.9 cm³/mol. The molecule has 5 nitrogen and oxygen atoms in total. The van der Waals surface area contributed by atoms with E-state index in [0.29, 0.717) is 18.6 Å². The van der Waals surface area contributed by atoms with Gasteiger partial charge in [-0.05, 0) is 50.5 Å². The number of likely N-dealkylation sites (tertiary alicyclic amines) is 1. The average molecular weight is 332 g/mol. The van der Waals surface area contributed by atoms with Crippen LogP contribution in [-0.2, 0) is 6.54 Å². The highest BCUT2D eigenvalue weighted by Crippen LogP contribution is 2.26. The first kappa shape index (κ1) is 17.1. The van der Waals surface area contributed by atoms with Crippen LogP contribution in [0.2, 0.25) is 0 Å². The van der Waals surface area contributed by atoms with Gasteiger partial charge in [-0.3, -0.25) is 0 Å². The van der Waals surface area contributed by atoms with Crippen molar-refractivity contribution in [2.75, 3.05) is 19.7 Å². The summed E-state index contributed by atoms with van der Waals surface area (Å²) in [5.74, 6) is 1.23. The minimum absolute atomic E-state index is 0.0259. The number of hydrogen-bond donors (Lipinski definition) is 2. The molecule has 0 atom stereocenters. The van der Waals surface area contributed by atoms with Gasteiger partial charge in [0.25, 0.3) is 0 Å². The lowest BCUT2D eigenvalue weighted by molar-refractivity contribution is 0.137. The molecule has 24 heavy (non-hydrogen) atoms. The predicted octanol–water partition coefficient (Wildman–Crippen LogP) is 2.92. The van der Waals surface area contributed by atoms with Crippen LogP contribution in [0.3, 0.4) is 0 Å². The number of urea groups is 1. The van der Waals surface area contributed by atoms with Gasteiger partial charge in [0.05, 0.1) is 6.10 Å². The molecule has 1 aliphatic carbocycles. The number of benzene rings is 1. The Morgan fingerprint density at radius 1 is 1.17 bits per heavy atom. The Morgan fingerprint density at radius 3 is 2.58 bits per heavy atom. The maximum absolute atomic E-state index is 12.3. The van der Waals surface area contributed by atoms with Gasteiger partial charge >= 0.3 is 6.03 Å². The van der Waals surface area contributed by atoms with Crippen molar-refractivity contribution in [2.24, 2.45) is 5.92 Å². The molecule has 1 aromatic carbocycles. The quantitative estimate of drug-likeness (QED) is 0.871. The molecule has 0 unspecified atom stereocenters. The second kappa shape index (κ2) is 8.38. The van der Waals surface area contributed by atoms with Crippen LogP contribution in [0.4, 0.5) is 4.79 Å². The molecule has 1 aliphatic heterocycles. The van der Waals surface area contributed by atoms with E-state index < -0.39 is 0 Å². The summed E-state index contributed by atoms with van der Waals surface area (Å²) in [6.45, 7) is 2.15. The maximum atomic E-state index is 12.3. The summed E-state index contributed by atoms with van der Waals surface area (Å²) in [5, 5.41) is 12.2. The number of carbonyl (C=O) groups is 1. The highest BCUT2D eigenvalue weighted by atomic mass is 16.5. The molecule has 2 fully saturated rings. The molecule has 3 rings (SSSR count). The Morgan fingerprint density at radius 2 is 1.88 bits per heavy atom. The third kappa shape index (κ3) is 4.41. The van der Waals surface area contributed by atoms with Crippen molar-refractivity contribution >= 4 is 6.03 Å². The van der Waals surface area contributed by atoms with Crippen LogP contribution in [0, 0.1) is 5.92 Å². The van der Waals surface area contributed by atoms with Gasteiger partial charge in [0, 0.05) is 31.8 Å². The van der Waals surface area contributed by atoms with Gasteiger partial charge < -0.3 is 20.1 Å². The van der Waals surface area contributed by atoms with Crippen LogP contribution in [0.15, 0.2) is 24.3 Å². The number of aliphatic hydroxyl groups is 1. The summed E-state index contributed by atoms with van der Waals surface area (Å²) in [4.78, 5) is 14.2. The average Bonchev–Trinajstić information content (AvgIpc) is 3.14. The normalized spacial score (nSPS) is 19.5. The minimum atomic E-state index is -0.0259. The lowest BCUT2D eigenvalue weighted by Gasteiger charge is -2.31. The van der Waals surface area contributed by atoms with Crippen LogP contribution in [-0.4, -0.2) is 41.8 Å². The van der Waals surface area contributed by atoms with E-state index in [-0.39, 0.29) is 12.6 Å². The fourth-order valence-electron chi connectivity index (χ4n) is 3.55. The summed E-state index contributed by atoms with van der Waals surface area (Å²) in [6.07, 6.45) is 6.82. The van der Waals surface area contributed by atoms with Crippen LogP contribution in [0.25, 0.3) is 0 Å². The van der Waals surface area contributed by atoms with Crippen molar-refractivity contribution in [3.05, 3.63) is 29.8 Å². The summed E-state index contributed by atoms with van der Waals surface area (Å²) in [5.41, 5.74) is 1.03. The zero-order valence-corrected chi connectivity index (χ0v) is 14.2. The molecule has 0 bridgehead atoms. The summed E-state index contributed by atoms with van der Waals surface area (Å²) >= 11 is 0. The first-order chi connectivity index (χ1) is 11.8. The van der Waals surface area contributed by atoms with Crippen LogP contribution < -0.4 is 10.1 Å². The van der Waals surface area contributed by atoms with Gasteiger partial charge in [-0.25, -0.2) is 4.79 Å². The Balaban J connectivity index is 1.51. The standard InChI is InChI=1S/C19H28N2O3/c22-14-15-9-11-21(12-10-15)19(23)20-13-16-5-1-4-8-18(16)24-17-6-2-3-7-17/h1,4-5,8,15,17,22H,2-3,6-7,9-14H2,(H,20,23). The van der Waals surface area contributed by atoms with E-state index in [1.54, 1.807) is 0 Å². The molecule has 132 valence electrons. The maximum Gasteiger partial charge on any atom is 0.317 e. The molecule has 5 heteroatoms. The number of ether oxygens (including phenoxy) is 1. The van der Waals surface area contributed by atoms with Crippen molar-refractivity contribution in [1.82, 2.24) is 10.2 Å². The van der Waals surface area contributed by atoms with Gasteiger partial charge in [0.1, 0.15) is 5.75 Å². The Kier molecular flexibility index (Phi) is 5.96. The number of amides is 2. The van der Waals surface area contributed by atoms with E-state index in [4.69, 9.17) is 4.74 Å². The number of hydrogen-bond acceptors (Lipinski definition) is 3. The summed E-state index contributed by atoms with van der Waals surface area (Å²) in [6, 6.07) is 7.95. The van der Waals surface area contributed by atoms with Gasteiger partial charge in [0.2, 0.25) is 0 Å². The van der Waals surface area contributed by atoms with E-state index in [0.717, 1.165) is 50.1 Å². The fraction of sp³-hybridized carbons (Fsp3) is 0.632. The van der Waals surface area contributed by atoms with E-state index in [9.17, 15) is 9.90 Å². The van der Waals surface area contributed by atoms with Crippen molar-refractivity contribution < 1.29 is 14.6 Å². The third-order valence-electron chi connectivity index (χ3n) is 5.16. The molecule has 0 spiro atoms. The molecule has 2 N–H and O–H groups in total. The summed E-state index contributed by atoms with van der Waals surface area (Å²) in [7, 11) is 0. The Hall–Kier alpha value is -1.75. The first-order valence-corrected chi connectivity index (χ1v) is 9.14. The zero-order chi connectivity index (χ0) is 16.8. The van der Waals surface area contributed by atoms with Crippen molar-refractivity contribution in [1.29, 1.82) is 0 Å². The number of rotatable bonds is 5. The number of aliphatic hydroxyl groups excluding tert-OH is 1. The topological polar surface area (TPSA) is 61.8 Å². The molecule has 1 saturated carbocycles. The zero-order valence-electron chi connectivity index (χ0n) is 14.2. The Bertz CT molecular complexity index is 535. The highest BCUT2D eigenvalue weighted by molar-refractivity contribution is 5.74. The molecule has 0 aromatic heterocycles. The van der Waals surface area contributed by atoms with Crippen LogP contribution in [0.1, 0.15) is 44.1 Å². The number of nitrogens with zero attached hydrogens (tertiary/aromatic N) is 1. The van der Waals surface area contributed by atoms with E-state index in [1.165, 1.54) is 12.8 Å². The lowest BCUT2D eigenvalue weighted by atomic mass is 9.98. The summed E-state index contributed by atoms with van der Waals surface area (Å²) < 4.78 is 6.12. The van der Waals surface area contributed by atoms with E-state index in [1.807, 2.05) is 29.2 Å². The van der Waals surface area contributed by atoms with Crippen LogP contribution >= 0.6 is 0 Å². The molecule has 2 aliphatic rings. The van der Waals surface area contributed by atoms with Gasteiger partial charge in [0.15, 0.2) is 0 Å². The van der Waals surface area contributed by atoms with Crippen molar-refractivity contribution in [2.45, 2.75) is 51.2 Å².